The van der Waals surface area contributed by atoms with Crippen LogP contribution in [0.15, 0.2) is 53.3 Å². The average molecular weight is 321 g/mol. The number of hydrogen-bond donors (Lipinski definition) is 0. The van der Waals surface area contributed by atoms with Crippen LogP contribution in [0.2, 0.25) is 0 Å². The molecule has 24 heavy (non-hydrogen) atoms. The predicted molar refractivity (Wildman–Crippen MR) is 101 cm³/mol. The third-order valence-electron chi connectivity index (χ3n) is 3.98. The molecule has 3 aromatic rings. The van der Waals surface area contributed by atoms with Crippen LogP contribution in [0.3, 0.4) is 0 Å². The van der Waals surface area contributed by atoms with Gasteiger partial charge >= 0.3 is 0 Å². The highest BCUT2D eigenvalue weighted by atomic mass is 16.1. The Morgan fingerprint density at radius 1 is 0.708 bits per heavy atom. The van der Waals surface area contributed by atoms with Crippen LogP contribution in [0.4, 0.5) is 0 Å². The number of ketones is 1. The largest absolute Gasteiger partial charge is 0.311 e. The molecule has 4 rings (SSSR count). The van der Waals surface area contributed by atoms with Crippen molar-refractivity contribution in [2.45, 2.75) is 27.7 Å². The van der Waals surface area contributed by atoms with Gasteiger partial charge in [-0.05, 0) is 17.2 Å². The number of rotatable bonds is 0. The summed E-state index contributed by atoms with van der Waals surface area (Å²) in [5.74, 6) is 0.0253. The molecule has 0 saturated heterocycles. The molecule has 0 saturated carbocycles. The first-order valence-corrected chi connectivity index (χ1v) is 8.45. The van der Waals surface area contributed by atoms with Crippen molar-refractivity contribution in [3.8, 4) is 11.1 Å². The minimum atomic E-state index is -0.0613. The van der Waals surface area contributed by atoms with Crippen LogP contribution >= 0.6 is 0 Å². The fraction of sp³-hybridized carbons (Fsp3) is 0.238. The minimum Gasteiger partial charge on any atom is -0.311 e. The van der Waals surface area contributed by atoms with Gasteiger partial charge in [-0.2, -0.15) is 0 Å². The van der Waals surface area contributed by atoms with Gasteiger partial charge in [-0.15, -0.1) is 0 Å². The van der Waals surface area contributed by atoms with Crippen LogP contribution in [0.25, 0.3) is 22.0 Å². The van der Waals surface area contributed by atoms with Crippen LogP contribution in [-0.4, -0.2) is 10.4 Å². The predicted octanol–water partition coefficient (Wildman–Crippen LogP) is 4.80. The van der Waals surface area contributed by atoms with E-state index in [4.69, 9.17) is 0 Å². The summed E-state index contributed by atoms with van der Waals surface area (Å²) in [5, 5.41) is 0.873. The first-order valence-electron chi connectivity index (χ1n) is 8.45. The zero-order chi connectivity index (χ0) is 17.9. The van der Waals surface area contributed by atoms with Crippen molar-refractivity contribution in [3.63, 3.8) is 0 Å². The molecule has 0 radical (unpaired) electrons. The van der Waals surface area contributed by atoms with Gasteiger partial charge in [-0.1, -0.05) is 64.1 Å². The number of benzene rings is 2. The normalized spacial score (nSPS) is 11.0. The summed E-state index contributed by atoms with van der Waals surface area (Å²) in [5.41, 5.74) is 3.78. The number of fused-ring (bicyclic) bond motifs is 2. The molecule has 1 aliphatic rings. The monoisotopic (exact) mass is 321 g/mol. The van der Waals surface area contributed by atoms with E-state index < -0.39 is 0 Å². The van der Waals surface area contributed by atoms with Gasteiger partial charge in [0.05, 0.1) is 5.52 Å². The summed E-state index contributed by atoms with van der Waals surface area (Å²) in [6, 6.07) is 14.6. The number of hydrogen-bond acceptors (Lipinski definition) is 2. The smallest absolute Gasteiger partial charge is 0.251 e. The van der Waals surface area contributed by atoms with Crippen LogP contribution < -0.4 is 5.56 Å². The van der Waals surface area contributed by atoms with Gasteiger partial charge in [0.2, 0.25) is 0 Å². The standard InChI is InChI=1S/C17H11NO2.2C2H6/c1-18-14-8-4-7-12-16(14)13(9-15(18)19)10-5-2-3-6-11(10)17(12)20;2*1-2/h2-9H,1H3;2*1-2H3. The van der Waals surface area contributed by atoms with E-state index in [9.17, 15) is 9.59 Å². The second-order valence-electron chi connectivity index (χ2n) is 5.03. The quantitative estimate of drug-likeness (QED) is 0.466. The molecule has 1 aliphatic carbocycles. The Morgan fingerprint density at radius 3 is 1.96 bits per heavy atom. The average Bonchev–Trinajstić information content (AvgIpc) is 2.66. The lowest BCUT2D eigenvalue weighted by atomic mass is 9.84. The fourth-order valence-corrected chi connectivity index (χ4v) is 2.98. The lowest BCUT2D eigenvalue weighted by Gasteiger charge is -2.20. The number of pyridine rings is 1. The molecule has 0 spiro atoms. The first kappa shape index (κ1) is 17.7. The minimum absolute atomic E-state index is 0.0253. The van der Waals surface area contributed by atoms with E-state index in [-0.39, 0.29) is 11.3 Å². The van der Waals surface area contributed by atoms with Gasteiger partial charge < -0.3 is 4.57 Å². The highest BCUT2D eigenvalue weighted by molar-refractivity contribution is 6.25. The summed E-state index contributed by atoms with van der Waals surface area (Å²) in [7, 11) is 1.73. The van der Waals surface area contributed by atoms with Crippen LogP contribution in [-0.2, 0) is 7.05 Å². The third-order valence-corrected chi connectivity index (χ3v) is 3.98. The molecule has 3 nitrogen and oxygen atoms in total. The molecule has 2 aromatic carbocycles. The molecule has 0 amide bonds. The molecular weight excluding hydrogens is 298 g/mol. The molecule has 0 unspecified atom stereocenters. The number of aromatic nitrogens is 1. The van der Waals surface area contributed by atoms with E-state index in [1.54, 1.807) is 17.7 Å². The molecule has 1 heterocycles. The maximum Gasteiger partial charge on any atom is 0.251 e. The van der Waals surface area contributed by atoms with Gasteiger partial charge in [0, 0.05) is 29.6 Å². The number of carbonyl (C=O) groups excluding carboxylic acids is 1. The molecule has 0 fully saturated rings. The lowest BCUT2D eigenvalue weighted by Crippen LogP contribution is -2.20. The molecule has 0 N–H and O–H groups in total. The van der Waals surface area contributed by atoms with Crippen molar-refractivity contribution in [2.24, 2.45) is 7.05 Å². The van der Waals surface area contributed by atoms with Gasteiger partial charge in [0.15, 0.2) is 5.78 Å². The Balaban J connectivity index is 0.000000487. The van der Waals surface area contributed by atoms with Gasteiger partial charge in [0.25, 0.3) is 5.56 Å². The zero-order valence-electron chi connectivity index (χ0n) is 14.9. The summed E-state index contributed by atoms with van der Waals surface area (Å²) in [6.45, 7) is 8.00. The number of nitrogens with zero attached hydrogens (tertiary/aromatic N) is 1. The molecule has 1 aromatic heterocycles. The highest BCUT2D eigenvalue weighted by Gasteiger charge is 2.25. The molecule has 0 aliphatic heterocycles. The van der Waals surface area contributed by atoms with Crippen molar-refractivity contribution in [2.75, 3.05) is 0 Å². The van der Waals surface area contributed by atoms with E-state index in [2.05, 4.69) is 0 Å². The Kier molecular flexibility index (Phi) is 5.35. The van der Waals surface area contributed by atoms with Crippen molar-refractivity contribution >= 4 is 16.7 Å². The van der Waals surface area contributed by atoms with Crippen LogP contribution in [0.5, 0.6) is 0 Å². The summed E-state index contributed by atoms with van der Waals surface area (Å²) < 4.78 is 1.59. The van der Waals surface area contributed by atoms with Gasteiger partial charge in [-0.3, -0.25) is 9.59 Å². The highest BCUT2D eigenvalue weighted by Crippen LogP contribution is 2.37. The SMILES string of the molecule is CC.CC.Cn1c(=O)cc2c3c(cccc31)C(=O)c1ccccc1-2. The van der Waals surface area contributed by atoms with E-state index >= 15 is 0 Å². The Bertz CT molecular complexity index is 952. The Morgan fingerprint density at radius 2 is 1.29 bits per heavy atom. The summed E-state index contributed by atoms with van der Waals surface area (Å²) in [6.07, 6.45) is 0. The third kappa shape index (κ3) is 2.56. The van der Waals surface area contributed by atoms with Crippen LogP contribution in [0.1, 0.15) is 43.6 Å². The van der Waals surface area contributed by atoms with Crippen molar-refractivity contribution in [1.29, 1.82) is 0 Å². The fourth-order valence-electron chi connectivity index (χ4n) is 2.98. The molecule has 0 atom stereocenters. The summed E-state index contributed by atoms with van der Waals surface area (Å²) in [4.78, 5) is 24.7. The summed E-state index contributed by atoms with van der Waals surface area (Å²) >= 11 is 0. The zero-order valence-corrected chi connectivity index (χ0v) is 14.9. The van der Waals surface area contributed by atoms with E-state index in [1.165, 1.54) is 0 Å². The van der Waals surface area contributed by atoms with Gasteiger partial charge in [-0.25, -0.2) is 0 Å². The molecule has 124 valence electrons. The molecular formula is C21H23NO2. The topological polar surface area (TPSA) is 39.1 Å². The maximum atomic E-state index is 12.6. The Labute approximate surface area is 142 Å². The van der Waals surface area contributed by atoms with Crippen molar-refractivity contribution in [3.05, 3.63) is 70.0 Å². The van der Waals surface area contributed by atoms with Crippen molar-refractivity contribution in [1.82, 2.24) is 4.57 Å². The Hall–Kier alpha value is -2.68. The lowest BCUT2D eigenvalue weighted by molar-refractivity contribution is 0.104. The molecule has 3 heteroatoms. The van der Waals surface area contributed by atoms with E-state index in [0.717, 1.165) is 22.0 Å². The van der Waals surface area contributed by atoms with E-state index in [0.29, 0.717) is 11.1 Å². The number of carbonyl (C=O) groups is 1. The second kappa shape index (κ2) is 7.26. The maximum absolute atomic E-state index is 12.6. The molecule has 0 bridgehead atoms. The van der Waals surface area contributed by atoms with Crippen molar-refractivity contribution < 1.29 is 4.79 Å². The number of aryl methyl sites for hydroxylation is 1. The van der Waals surface area contributed by atoms with Gasteiger partial charge in [0.1, 0.15) is 0 Å². The van der Waals surface area contributed by atoms with E-state index in [1.807, 2.05) is 70.2 Å². The second-order valence-corrected chi connectivity index (χ2v) is 5.03. The van der Waals surface area contributed by atoms with Crippen LogP contribution in [0, 0.1) is 0 Å². The first-order chi connectivity index (χ1) is 11.7.